The van der Waals surface area contributed by atoms with E-state index in [0.29, 0.717) is 5.02 Å². The van der Waals surface area contributed by atoms with Crippen LogP contribution in [0.15, 0.2) is 53.8 Å². The lowest BCUT2D eigenvalue weighted by Gasteiger charge is -2.08. The van der Waals surface area contributed by atoms with Gasteiger partial charge in [0.25, 0.3) is 0 Å². The van der Waals surface area contributed by atoms with Gasteiger partial charge in [0.15, 0.2) is 0 Å². The third-order valence-electron chi connectivity index (χ3n) is 3.75. The minimum atomic E-state index is -3.63. The average molecular weight is 377 g/mol. The molecule has 0 amide bonds. The zero-order valence-electron chi connectivity index (χ0n) is 13.8. The maximum Gasteiger partial charge on any atom is 0.240 e. The van der Waals surface area contributed by atoms with Crippen molar-refractivity contribution in [1.82, 2.24) is 19.5 Å². The Kier molecular flexibility index (Phi) is 4.89. The van der Waals surface area contributed by atoms with Crippen LogP contribution >= 0.6 is 11.6 Å². The molecule has 2 aromatic heterocycles. The number of sulfonamides is 1. The van der Waals surface area contributed by atoms with E-state index in [4.69, 9.17) is 11.6 Å². The number of rotatable bonds is 5. The molecule has 0 saturated carbocycles. The molecule has 8 heteroatoms. The Hall–Kier alpha value is -2.22. The van der Waals surface area contributed by atoms with Crippen LogP contribution in [0.1, 0.15) is 11.1 Å². The van der Waals surface area contributed by atoms with Crippen LogP contribution in [-0.2, 0) is 23.6 Å². The number of nitrogens with one attached hydrogen (secondary N) is 1. The second-order valence-corrected chi connectivity index (χ2v) is 7.86. The predicted octanol–water partition coefficient (Wildman–Crippen LogP) is 2.92. The molecule has 3 rings (SSSR count). The Morgan fingerprint density at radius 1 is 1.20 bits per heavy atom. The maximum absolute atomic E-state index is 12.4. The number of hydrogen-bond donors (Lipinski definition) is 1. The summed E-state index contributed by atoms with van der Waals surface area (Å²) in [6, 6.07) is 8.33. The highest BCUT2D eigenvalue weighted by Gasteiger charge is 2.15. The highest BCUT2D eigenvalue weighted by molar-refractivity contribution is 7.89. The fourth-order valence-electron chi connectivity index (χ4n) is 2.26. The van der Waals surface area contributed by atoms with Gasteiger partial charge in [0.2, 0.25) is 10.0 Å². The molecule has 0 bridgehead atoms. The standard InChI is InChI=1S/C17H17ClN4O2S/c1-12-3-5-15(7-16(12)18)25(23,24)21-9-13-4-6-17(19-8-13)14-10-20-22(2)11-14/h3-8,10-11,21H,9H2,1-2H3. The lowest BCUT2D eigenvalue weighted by atomic mass is 10.2. The summed E-state index contributed by atoms with van der Waals surface area (Å²) in [6.45, 7) is 1.97. The van der Waals surface area contributed by atoms with Crippen LogP contribution in [0.4, 0.5) is 0 Å². The second-order valence-electron chi connectivity index (χ2n) is 5.69. The Balaban J connectivity index is 1.71. The number of aromatic nitrogens is 3. The topological polar surface area (TPSA) is 76.9 Å². The van der Waals surface area contributed by atoms with E-state index in [9.17, 15) is 8.42 Å². The first-order valence-corrected chi connectivity index (χ1v) is 9.41. The molecular formula is C17H17ClN4O2S. The highest BCUT2D eigenvalue weighted by Crippen LogP contribution is 2.20. The second kappa shape index (κ2) is 6.95. The quantitative estimate of drug-likeness (QED) is 0.742. The fourth-order valence-corrected chi connectivity index (χ4v) is 3.54. The number of aryl methyl sites for hydroxylation is 2. The van der Waals surface area contributed by atoms with Crippen LogP contribution in [0.2, 0.25) is 5.02 Å². The Morgan fingerprint density at radius 2 is 2.00 bits per heavy atom. The van der Waals surface area contributed by atoms with Gasteiger partial charge in [-0.2, -0.15) is 5.10 Å². The summed E-state index contributed by atoms with van der Waals surface area (Å²) in [5, 5.41) is 4.53. The molecule has 1 aromatic carbocycles. The van der Waals surface area contributed by atoms with Gasteiger partial charge in [-0.25, -0.2) is 13.1 Å². The van der Waals surface area contributed by atoms with Gasteiger partial charge in [-0.05, 0) is 36.2 Å². The molecule has 0 aliphatic rings. The highest BCUT2D eigenvalue weighted by atomic mass is 35.5. The molecule has 0 spiro atoms. The van der Waals surface area contributed by atoms with Crippen LogP contribution < -0.4 is 4.72 Å². The van der Waals surface area contributed by atoms with Crippen LogP contribution in [0.25, 0.3) is 11.3 Å². The summed E-state index contributed by atoms with van der Waals surface area (Å²) >= 11 is 6.01. The Labute approximate surface area is 151 Å². The molecule has 25 heavy (non-hydrogen) atoms. The summed E-state index contributed by atoms with van der Waals surface area (Å²) in [4.78, 5) is 4.49. The van der Waals surface area contributed by atoms with Crippen molar-refractivity contribution in [2.24, 2.45) is 7.05 Å². The van der Waals surface area contributed by atoms with Gasteiger partial charge in [0.05, 0.1) is 16.8 Å². The molecule has 1 N–H and O–H groups in total. The van der Waals surface area contributed by atoms with Gasteiger partial charge in [0, 0.05) is 36.6 Å². The van der Waals surface area contributed by atoms with Gasteiger partial charge in [-0.3, -0.25) is 9.67 Å². The largest absolute Gasteiger partial charge is 0.275 e. The number of benzene rings is 1. The molecule has 3 aromatic rings. The summed E-state index contributed by atoms with van der Waals surface area (Å²) < 4.78 is 29.0. The van der Waals surface area contributed by atoms with Crippen molar-refractivity contribution in [2.75, 3.05) is 0 Å². The van der Waals surface area contributed by atoms with Crippen molar-refractivity contribution < 1.29 is 8.42 Å². The van der Waals surface area contributed by atoms with Gasteiger partial charge in [-0.1, -0.05) is 23.7 Å². The number of pyridine rings is 1. The SMILES string of the molecule is Cc1ccc(S(=O)(=O)NCc2ccc(-c3cnn(C)c3)nc2)cc1Cl. The van der Waals surface area contributed by atoms with Gasteiger partial charge in [-0.15, -0.1) is 0 Å². The van der Waals surface area contributed by atoms with Crippen LogP contribution in [0, 0.1) is 6.92 Å². The van der Waals surface area contributed by atoms with Crippen molar-refractivity contribution in [3.8, 4) is 11.3 Å². The summed E-state index contributed by atoms with van der Waals surface area (Å²) in [5.41, 5.74) is 3.28. The van der Waals surface area contributed by atoms with E-state index >= 15 is 0 Å². The van der Waals surface area contributed by atoms with E-state index in [2.05, 4.69) is 14.8 Å². The normalized spacial score (nSPS) is 11.6. The van der Waals surface area contributed by atoms with Crippen LogP contribution in [0.3, 0.4) is 0 Å². The van der Waals surface area contributed by atoms with E-state index in [0.717, 1.165) is 22.4 Å². The van der Waals surface area contributed by atoms with Gasteiger partial charge < -0.3 is 0 Å². The van der Waals surface area contributed by atoms with Crippen LogP contribution in [-0.4, -0.2) is 23.2 Å². The molecule has 0 unspecified atom stereocenters. The van der Waals surface area contributed by atoms with Gasteiger partial charge >= 0.3 is 0 Å². The number of halogens is 1. The van der Waals surface area contributed by atoms with E-state index < -0.39 is 10.0 Å². The molecule has 130 valence electrons. The molecule has 6 nitrogen and oxygen atoms in total. The number of hydrogen-bond acceptors (Lipinski definition) is 4. The smallest absolute Gasteiger partial charge is 0.240 e. The van der Waals surface area contributed by atoms with Crippen molar-refractivity contribution in [3.05, 3.63) is 65.1 Å². The number of nitrogens with zero attached hydrogens (tertiary/aromatic N) is 3. The molecule has 0 fully saturated rings. The Morgan fingerprint density at radius 3 is 2.60 bits per heavy atom. The van der Waals surface area contributed by atoms with Crippen LogP contribution in [0.5, 0.6) is 0 Å². The van der Waals surface area contributed by atoms with E-state index in [-0.39, 0.29) is 11.4 Å². The third-order valence-corrected chi connectivity index (χ3v) is 5.55. The van der Waals surface area contributed by atoms with Crippen molar-refractivity contribution >= 4 is 21.6 Å². The first-order chi connectivity index (χ1) is 11.8. The Bertz CT molecular complexity index is 998. The van der Waals surface area contributed by atoms with E-state index in [1.807, 2.05) is 32.3 Å². The summed E-state index contributed by atoms with van der Waals surface area (Å²) in [6.07, 6.45) is 5.24. The molecule has 0 radical (unpaired) electrons. The lowest BCUT2D eigenvalue weighted by molar-refractivity contribution is 0.581. The lowest BCUT2D eigenvalue weighted by Crippen LogP contribution is -2.23. The molecule has 0 aliphatic heterocycles. The minimum Gasteiger partial charge on any atom is -0.275 e. The monoisotopic (exact) mass is 376 g/mol. The molecule has 0 saturated heterocycles. The zero-order chi connectivity index (χ0) is 18.0. The van der Waals surface area contributed by atoms with Crippen molar-refractivity contribution in [3.63, 3.8) is 0 Å². The van der Waals surface area contributed by atoms with Crippen molar-refractivity contribution in [2.45, 2.75) is 18.4 Å². The van der Waals surface area contributed by atoms with E-state index in [1.165, 1.54) is 12.1 Å². The predicted molar refractivity (Wildman–Crippen MR) is 96.7 cm³/mol. The molecule has 2 heterocycles. The molecule has 0 aliphatic carbocycles. The zero-order valence-corrected chi connectivity index (χ0v) is 15.3. The fraction of sp³-hybridized carbons (Fsp3) is 0.176. The summed E-state index contributed by atoms with van der Waals surface area (Å²) in [7, 11) is -1.79. The average Bonchev–Trinajstić information content (AvgIpc) is 3.02. The van der Waals surface area contributed by atoms with Crippen molar-refractivity contribution in [1.29, 1.82) is 0 Å². The summed E-state index contributed by atoms with van der Waals surface area (Å²) in [5.74, 6) is 0. The minimum absolute atomic E-state index is 0.142. The maximum atomic E-state index is 12.4. The first-order valence-electron chi connectivity index (χ1n) is 7.55. The van der Waals surface area contributed by atoms with Gasteiger partial charge in [0.1, 0.15) is 0 Å². The first kappa shape index (κ1) is 17.6. The van der Waals surface area contributed by atoms with E-state index in [1.54, 1.807) is 23.1 Å². The molecular weight excluding hydrogens is 360 g/mol. The third kappa shape index (κ3) is 4.07. The molecule has 0 atom stereocenters.